The molecular weight excluding hydrogens is 216 g/mol. The molecule has 0 spiro atoms. The number of Topliss-reactive ketones (excluding diaryl/α,β-unsaturated/α-hetero) is 1. The lowest BCUT2D eigenvalue weighted by Gasteiger charge is -2.37. The monoisotopic (exact) mass is 234 g/mol. The molecule has 0 fully saturated rings. The largest absolute Gasteiger partial charge is 0.385 e. The number of rotatable bonds is 1. The van der Waals surface area contributed by atoms with Gasteiger partial charge in [-0.3, -0.25) is 4.79 Å². The lowest BCUT2D eigenvalue weighted by Crippen LogP contribution is -2.46. The molecule has 0 radical (unpaired) electrons. The number of fused-ring (bicyclic) bond motifs is 1. The SMILES string of the molecule is CC(=O)C1(O)CCc2c(C)ccc(C)c2C1O. The zero-order valence-corrected chi connectivity index (χ0v) is 10.4. The Morgan fingerprint density at radius 2 is 1.94 bits per heavy atom. The predicted molar refractivity (Wildman–Crippen MR) is 64.8 cm³/mol. The number of carbonyl (C=O) groups excluding carboxylic acids is 1. The van der Waals surface area contributed by atoms with Gasteiger partial charge in [0.05, 0.1) is 0 Å². The van der Waals surface area contributed by atoms with Crippen LogP contribution in [0.4, 0.5) is 0 Å². The molecule has 3 nitrogen and oxygen atoms in total. The van der Waals surface area contributed by atoms with Crippen molar-refractivity contribution in [1.29, 1.82) is 0 Å². The Bertz CT molecular complexity index is 479. The average Bonchev–Trinajstić information content (AvgIpc) is 2.27. The fourth-order valence-electron chi connectivity index (χ4n) is 2.66. The molecule has 0 heterocycles. The van der Waals surface area contributed by atoms with E-state index in [0.29, 0.717) is 12.8 Å². The van der Waals surface area contributed by atoms with Crippen molar-refractivity contribution >= 4 is 5.78 Å². The van der Waals surface area contributed by atoms with E-state index in [2.05, 4.69) is 0 Å². The quantitative estimate of drug-likeness (QED) is 0.776. The van der Waals surface area contributed by atoms with E-state index in [9.17, 15) is 15.0 Å². The number of carbonyl (C=O) groups is 1. The van der Waals surface area contributed by atoms with Crippen LogP contribution in [0.1, 0.15) is 41.7 Å². The van der Waals surface area contributed by atoms with Crippen molar-refractivity contribution in [1.82, 2.24) is 0 Å². The van der Waals surface area contributed by atoms with Crippen molar-refractivity contribution in [2.75, 3.05) is 0 Å². The van der Waals surface area contributed by atoms with Gasteiger partial charge in [0.15, 0.2) is 11.4 Å². The molecule has 1 aliphatic carbocycles. The highest BCUT2D eigenvalue weighted by atomic mass is 16.3. The van der Waals surface area contributed by atoms with Gasteiger partial charge in [-0.25, -0.2) is 0 Å². The highest BCUT2D eigenvalue weighted by molar-refractivity contribution is 5.86. The van der Waals surface area contributed by atoms with Crippen LogP contribution in [-0.4, -0.2) is 21.6 Å². The van der Waals surface area contributed by atoms with Crippen molar-refractivity contribution in [2.45, 2.75) is 45.3 Å². The lowest BCUT2D eigenvalue weighted by molar-refractivity contribution is -0.151. The number of benzene rings is 1. The third-order valence-electron chi connectivity index (χ3n) is 3.90. The van der Waals surface area contributed by atoms with E-state index in [4.69, 9.17) is 0 Å². The van der Waals surface area contributed by atoms with Crippen LogP contribution in [0.2, 0.25) is 0 Å². The van der Waals surface area contributed by atoms with Gasteiger partial charge < -0.3 is 10.2 Å². The smallest absolute Gasteiger partial charge is 0.164 e. The maximum Gasteiger partial charge on any atom is 0.164 e. The normalized spacial score (nSPS) is 27.7. The van der Waals surface area contributed by atoms with Gasteiger partial charge in [-0.15, -0.1) is 0 Å². The van der Waals surface area contributed by atoms with E-state index >= 15 is 0 Å². The second-order valence-corrected chi connectivity index (χ2v) is 4.97. The molecule has 0 saturated carbocycles. The Kier molecular flexibility index (Phi) is 2.84. The van der Waals surface area contributed by atoms with Crippen LogP contribution in [0.25, 0.3) is 0 Å². The highest BCUT2D eigenvalue weighted by Gasteiger charge is 2.45. The molecule has 0 amide bonds. The minimum absolute atomic E-state index is 0.292. The number of hydrogen-bond donors (Lipinski definition) is 2. The Morgan fingerprint density at radius 1 is 1.35 bits per heavy atom. The van der Waals surface area contributed by atoms with E-state index in [-0.39, 0.29) is 5.78 Å². The average molecular weight is 234 g/mol. The fraction of sp³-hybridized carbons (Fsp3) is 0.500. The molecule has 0 aromatic heterocycles. The van der Waals surface area contributed by atoms with Crippen LogP contribution in [-0.2, 0) is 11.2 Å². The Labute approximate surface area is 101 Å². The summed E-state index contributed by atoms with van der Waals surface area (Å²) < 4.78 is 0. The van der Waals surface area contributed by atoms with Crippen molar-refractivity contribution < 1.29 is 15.0 Å². The summed E-state index contributed by atoms with van der Waals surface area (Å²) in [5.41, 5.74) is 2.22. The van der Waals surface area contributed by atoms with E-state index in [1.54, 1.807) is 0 Å². The molecule has 92 valence electrons. The summed E-state index contributed by atoms with van der Waals surface area (Å²) in [6, 6.07) is 3.93. The van der Waals surface area contributed by atoms with Crippen LogP contribution in [0.3, 0.4) is 0 Å². The van der Waals surface area contributed by atoms with Crippen LogP contribution >= 0.6 is 0 Å². The van der Waals surface area contributed by atoms with Crippen molar-refractivity contribution in [3.63, 3.8) is 0 Å². The van der Waals surface area contributed by atoms with E-state index < -0.39 is 11.7 Å². The zero-order chi connectivity index (χ0) is 12.8. The number of ketones is 1. The molecule has 0 saturated heterocycles. The highest BCUT2D eigenvalue weighted by Crippen LogP contribution is 2.40. The Morgan fingerprint density at radius 3 is 2.53 bits per heavy atom. The topological polar surface area (TPSA) is 57.5 Å². The van der Waals surface area contributed by atoms with Crippen molar-refractivity contribution in [3.05, 3.63) is 34.4 Å². The molecular formula is C14H18O3. The maximum absolute atomic E-state index is 11.5. The van der Waals surface area contributed by atoms with Gasteiger partial charge in [0.25, 0.3) is 0 Å². The summed E-state index contributed by atoms with van der Waals surface area (Å²) in [5.74, 6) is -0.364. The number of aryl methyl sites for hydroxylation is 2. The summed E-state index contributed by atoms with van der Waals surface area (Å²) in [6.45, 7) is 5.22. The molecule has 17 heavy (non-hydrogen) atoms. The molecule has 1 aliphatic rings. The molecule has 1 aromatic carbocycles. The Hall–Kier alpha value is -1.19. The van der Waals surface area contributed by atoms with Gasteiger partial charge in [-0.05, 0) is 55.9 Å². The van der Waals surface area contributed by atoms with Crippen LogP contribution in [0.15, 0.2) is 12.1 Å². The number of hydrogen-bond acceptors (Lipinski definition) is 3. The third-order valence-corrected chi connectivity index (χ3v) is 3.90. The predicted octanol–water partition coefficient (Wildman–Crippen LogP) is 1.60. The summed E-state index contributed by atoms with van der Waals surface area (Å²) in [6.07, 6.45) is -0.180. The van der Waals surface area contributed by atoms with Gasteiger partial charge in [0.1, 0.15) is 6.10 Å². The summed E-state index contributed by atoms with van der Waals surface area (Å²) in [7, 11) is 0. The van der Waals surface area contributed by atoms with Gasteiger partial charge in [-0.2, -0.15) is 0 Å². The molecule has 2 unspecified atom stereocenters. The fourth-order valence-corrected chi connectivity index (χ4v) is 2.66. The first-order valence-electron chi connectivity index (χ1n) is 5.88. The first-order valence-corrected chi connectivity index (χ1v) is 5.88. The number of aliphatic hydroxyl groups excluding tert-OH is 1. The van der Waals surface area contributed by atoms with Gasteiger partial charge >= 0.3 is 0 Å². The minimum Gasteiger partial charge on any atom is -0.385 e. The van der Waals surface area contributed by atoms with E-state index in [1.807, 2.05) is 26.0 Å². The standard InChI is InChI=1S/C14H18O3/c1-8-4-5-9(2)12-11(8)6-7-14(17,10(3)15)13(12)16/h4-5,13,16-17H,6-7H2,1-3H3. The van der Waals surface area contributed by atoms with E-state index in [1.165, 1.54) is 6.92 Å². The van der Waals surface area contributed by atoms with Crippen LogP contribution in [0, 0.1) is 13.8 Å². The number of aliphatic hydroxyl groups is 2. The Balaban J connectivity index is 2.60. The van der Waals surface area contributed by atoms with Crippen molar-refractivity contribution in [3.8, 4) is 0 Å². The molecule has 2 atom stereocenters. The maximum atomic E-state index is 11.5. The van der Waals surface area contributed by atoms with Gasteiger partial charge in [-0.1, -0.05) is 12.1 Å². The minimum atomic E-state index is -1.62. The molecule has 2 rings (SSSR count). The summed E-state index contributed by atoms with van der Waals surface area (Å²) in [5, 5.41) is 20.6. The molecule has 0 aliphatic heterocycles. The third kappa shape index (κ3) is 1.70. The molecule has 3 heteroatoms. The zero-order valence-electron chi connectivity index (χ0n) is 10.4. The first-order chi connectivity index (χ1) is 7.88. The molecule has 1 aromatic rings. The lowest BCUT2D eigenvalue weighted by atomic mass is 9.73. The van der Waals surface area contributed by atoms with Crippen LogP contribution in [0.5, 0.6) is 0 Å². The van der Waals surface area contributed by atoms with Gasteiger partial charge in [0.2, 0.25) is 0 Å². The van der Waals surface area contributed by atoms with Crippen LogP contribution < -0.4 is 0 Å². The summed E-state index contributed by atoms with van der Waals surface area (Å²) >= 11 is 0. The second-order valence-electron chi connectivity index (χ2n) is 4.97. The first kappa shape index (κ1) is 12.3. The molecule has 2 N–H and O–H groups in total. The van der Waals surface area contributed by atoms with Crippen molar-refractivity contribution in [2.24, 2.45) is 0 Å². The van der Waals surface area contributed by atoms with Gasteiger partial charge in [0, 0.05) is 0 Å². The second kappa shape index (κ2) is 3.93. The van der Waals surface area contributed by atoms with E-state index in [0.717, 1.165) is 22.3 Å². The summed E-state index contributed by atoms with van der Waals surface area (Å²) in [4.78, 5) is 11.5. The molecule has 0 bridgehead atoms.